The second kappa shape index (κ2) is 13.9. The first-order chi connectivity index (χ1) is 3.39. The summed E-state index contributed by atoms with van der Waals surface area (Å²) in [5.74, 6) is 0. The van der Waals surface area contributed by atoms with Gasteiger partial charge in [0.05, 0.1) is 0 Å². The van der Waals surface area contributed by atoms with Crippen LogP contribution in [0.4, 0.5) is 0 Å². The topological polar surface area (TPSA) is 31.5 Å². The van der Waals surface area contributed by atoms with Crippen molar-refractivity contribution < 1.29 is 22.5 Å². The molecule has 1 aromatic carbocycles. The van der Waals surface area contributed by atoms with E-state index in [1.807, 2.05) is 39.9 Å². The van der Waals surface area contributed by atoms with E-state index >= 15 is 0 Å². The summed E-state index contributed by atoms with van der Waals surface area (Å²) in [6, 6.07) is 10.3. The van der Waals surface area contributed by atoms with Gasteiger partial charge in [0.15, 0.2) is 0 Å². The predicted octanol–water partition coefficient (Wildman–Crippen LogP) is -2.18. The average molecular weight is 361 g/mol. The van der Waals surface area contributed by atoms with E-state index in [1.54, 1.807) is 0 Å². The summed E-state index contributed by atoms with van der Waals surface area (Å²) in [6.45, 7) is 0. The second-order valence-electron chi connectivity index (χ2n) is 1.49. The van der Waals surface area contributed by atoms with Crippen molar-refractivity contribution in [3.63, 3.8) is 0 Å². The van der Waals surface area contributed by atoms with Crippen LogP contribution in [0, 0.1) is 0 Å². The zero-order valence-corrected chi connectivity index (χ0v) is 12.2. The Morgan fingerprint density at radius 1 is 0.909 bits per heavy atom. The molecule has 0 unspecified atom stereocenters. The summed E-state index contributed by atoms with van der Waals surface area (Å²) < 4.78 is 1.35. The minimum atomic E-state index is 0. The normalized spacial score (nSPS) is 5.64. The van der Waals surface area contributed by atoms with Crippen LogP contribution in [0.15, 0.2) is 30.3 Å². The van der Waals surface area contributed by atoms with Crippen LogP contribution in [0.3, 0.4) is 0 Å². The molecule has 0 bridgehead atoms. The molecule has 0 heterocycles. The van der Waals surface area contributed by atoms with Crippen molar-refractivity contribution in [3.8, 4) is 0 Å². The molecule has 1 nitrogen and oxygen atoms in total. The number of hydrogen-bond donors (Lipinski definition) is 0. The molecule has 0 radical (unpaired) electrons. The van der Waals surface area contributed by atoms with E-state index in [0.29, 0.717) is 0 Å². The Kier molecular flexibility index (Phi) is 28.9. The van der Waals surface area contributed by atoms with Crippen molar-refractivity contribution in [3.05, 3.63) is 30.3 Å². The summed E-state index contributed by atoms with van der Waals surface area (Å²) >= 11 is 1.90. The van der Waals surface area contributed by atoms with Crippen molar-refractivity contribution in [2.45, 2.75) is 0 Å². The maximum atomic E-state index is 2.10. The van der Waals surface area contributed by atoms with E-state index in [2.05, 4.69) is 12.1 Å². The third-order valence-electron chi connectivity index (χ3n) is 0.843. The number of halogens is 3. The Morgan fingerprint density at radius 2 is 1.27 bits per heavy atom. The molecular formula is C6H9Br3MgO. The summed E-state index contributed by atoms with van der Waals surface area (Å²) in [4.78, 5) is 0. The molecule has 0 aliphatic heterocycles. The van der Waals surface area contributed by atoms with Crippen LogP contribution < -0.4 is 20.7 Å². The quantitative estimate of drug-likeness (QED) is 0.471. The van der Waals surface area contributed by atoms with Gasteiger partial charge in [-0.15, -0.1) is 34.0 Å². The third kappa shape index (κ3) is 11.4. The fourth-order valence-electron chi connectivity index (χ4n) is 0.478. The molecule has 1 aromatic rings. The van der Waals surface area contributed by atoms with Crippen LogP contribution in [0.1, 0.15) is 0 Å². The molecule has 11 heavy (non-hydrogen) atoms. The Balaban J connectivity index is -0.0000000612. The van der Waals surface area contributed by atoms with E-state index in [4.69, 9.17) is 0 Å². The monoisotopic (exact) mass is 358 g/mol. The van der Waals surface area contributed by atoms with Crippen LogP contribution >= 0.6 is 34.0 Å². The van der Waals surface area contributed by atoms with Crippen LogP contribution in [0.25, 0.3) is 0 Å². The minimum absolute atomic E-state index is 0. The van der Waals surface area contributed by atoms with Crippen LogP contribution in [-0.2, 0) is 0 Å². The second-order valence-corrected chi connectivity index (χ2v) is 2.30. The molecular weight excluding hydrogens is 352 g/mol. The molecule has 0 saturated carbocycles. The number of hydrogen-bond acceptors (Lipinski definition) is 0. The van der Waals surface area contributed by atoms with Crippen LogP contribution in [-0.4, -0.2) is 27.2 Å². The third-order valence-corrected chi connectivity index (χ3v) is 1.31. The van der Waals surface area contributed by atoms with E-state index in [9.17, 15) is 0 Å². The van der Waals surface area contributed by atoms with Crippen molar-refractivity contribution in [2.75, 3.05) is 0 Å². The molecule has 62 valence electrons. The molecule has 0 amide bonds. The molecule has 2 N–H and O–H groups in total. The molecule has 0 atom stereocenters. The Labute approximate surface area is 111 Å². The van der Waals surface area contributed by atoms with Gasteiger partial charge in [0.25, 0.3) is 0 Å². The molecule has 5 heteroatoms. The average Bonchev–Trinajstić information content (AvgIpc) is 1.69. The van der Waals surface area contributed by atoms with E-state index < -0.39 is 0 Å². The molecule has 0 aliphatic carbocycles. The van der Waals surface area contributed by atoms with Gasteiger partial charge < -0.3 is 22.5 Å². The van der Waals surface area contributed by atoms with Gasteiger partial charge in [-0.25, -0.2) is 0 Å². The van der Waals surface area contributed by atoms with Crippen molar-refractivity contribution in [1.82, 2.24) is 0 Å². The van der Waals surface area contributed by atoms with E-state index in [-0.39, 0.29) is 56.4 Å². The van der Waals surface area contributed by atoms with Gasteiger partial charge >= 0.3 is 55.7 Å². The standard InChI is InChI=1S/C6H5.3BrH.Mg.H2O/c1-2-4-6-5-3-1;;;;;/h1-5H;3*1H;;1H2/q;;;;+1;/p-1. The fraction of sp³-hybridized carbons (Fsp3) is 0. The zero-order chi connectivity index (χ0) is 5.11. The van der Waals surface area contributed by atoms with Gasteiger partial charge in [-0.05, 0) is 0 Å². The SMILES string of the molecule is Br.Br.O.[Br-].[Mg+][c]1ccccc1. The van der Waals surface area contributed by atoms with Gasteiger partial charge in [0.1, 0.15) is 0 Å². The summed E-state index contributed by atoms with van der Waals surface area (Å²) in [7, 11) is 0. The van der Waals surface area contributed by atoms with Crippen LogP contribution in [0.5, 0.6) is 0 Å². The van der Waals surface area contributed by atoms with E-state index in [1.165, 1.54) is 3.69 Å². The Hall–Kier alpha value is 1.39. The Bertz CT molecular complexity index is 148. The van der Waals surface area contributed by atoms with Gasteiger partial charge in [-0.3, -0.25) is 0 Å². The zero-order valence-electron chi connectivity index (χ0n) is 5.79. The summed E-state index contributed by atoms with van der Waals surface area (Å²) in [5, 5.41) is 0. The first kappa shape index (κ1) is 22.8. The van der Waals surface area contributed by atoms with Gasteiger partial charge in [-0.2, -0.15) is 0 Å². The Morgan fingerprint density at radius 3 is 1.45 bits per heavy atom. The first-order valence-electron chi connectivity index (χ1n) is 2.26. The molecule has 0 spiro atoms. The van der Waals surface area contributed by atoms with Crippen molar-refractivity contribution >= 4 is 59.4 Å². The number of rotatable bonds is 0. The maximum absolute atomic E-state index is 2.10. The molecule has 0 fully saturated rings. The fourth-order valence-corrected chi connectivity index (χ4v) is 0.750. The summed E-state index contributed by atoms with van der Waals surface area (Å²) in [6.07, 6.45) is 0. The first-order valence-corrected chi connectivity index (χ1v) is 2.97. The number of benzene rings is 1. The predicted molar refractivity (Wildman–Crippen MR) is 56.1 cm³/mol. The van der Waals surface area contributed by atoms with E-state index in [0.717, 1.165) is 0 Å². The molecule has 1 rings (SSSR count). The van der Waals surface area contributed by atoms with Gasteiger partial charge in [-0.1, -0.05) is 0 Å². The van der Waals surface area contributed by atoms with Gasteiger partial charge in [0.2, 0.25) is 0 Å². The van der Waals surface area contributed by atoms with Crippen LogP contribution in [0.2, 0.25) is 0 Å². The van der Waals surface area contributed by atoms with Crippen molar-refractivity contribution in [1.29, 1.82) is 0 Å². The molecule has 0 aliphatic rings. The van der Waals surface area contributed by atoms with Crippen molar-refractivity contribution in [2.24, 2.45) is 0 Å². The molecule has 0 aromatic heterocycles. The summed E-state index contributed by atoms with van der Waals surface area (Å²) in [5.41, 5.74) is 0. The van der Waals surface area contributed by atoms with Gasteiger partial charge in [0, 0.05) is 0 Å². The molecule has 0 saturated heterocycles.